The number of nitrogens with one attached hydrogen (secondary N) is 1. The van der Waals surface area contributed by atoms with Crippen LogP contribution in [-0.4, -0.2) is 58.6 Å². The van der Waals surface area contributed by atoms with Crippen LogP contribution in [0.1, 0.15) is 35.5 Å². The molecule has 0 bridgehead atoms. The number of carbonyl (C=O) groups is 1. The zero-order valence-corrected chi connectivity index (χ0v) is 19.3. The maximum atomic E-state index is 12.6. The highest BCUT2D eigenvalue weighted by atomic mass is 16.5. The second kappa shape index (κ2) is 9.63. The Morgan fingerprint density at radius 2 is 1.69 bits per heavy atom. The molecule has 0 aliphatic carbocycles. The van der Waals surface area contributed by atoms with Gasteiger partial charge in [0.2, 0.25) is 17.6 Å². The number of aromatic nitrogens is 2. The van der Waals surface area contributed by atoms with Crippen LogP contribution in [0.5, 0.6) is 0 Å². The summed E-state index contributed by atoms with van der Waals surface area (Å²) in [6.07, 6.45) is 0. The van der Waals surface area contributed by atoms with Gasteiger partial charge in [-0.2, -0.15) is 4.98 Å². The molecule has 1 N–H and O–H groups in total. The average Bonchev–Trinajstić information content (AvgIpc) is 3.27. The first-order valence-corrected chi connectivity index (χ1v) is 11.1. The minimum absolute atomic E-state index is 0.0311. The standard InChI is InChI=1S/C25H31N5O2/c1-17-8-10-21(11-9-17)24-27-25(32-28-24)20(4)30-14-12-29(13-15-30)16-22(31)26-23-18(2)6-5-7-19(23)3/h5-11,20H,12-16H2,1-4H3,(H,26,31). The molecule has 3 aromatic rings. The van der Waals surface area contributed by atoms with Crippen LogP contribution in [0.3, 0.4) is 0 Å². The zero-order valence-electron chi connectivity index (χ0n) is 19.3. The van der Waals surface area contributed by atoms with Crippen LogP contribution in [0.4, 0.5) is 5.69 Å². The Balaban J connectivity index is 1.30. The molecule has 32 heavy (non-hydrogen) atoms. The number of hydrogen-bond acceptors (Lipinski definition) is 6. The second-order valence-corrected chi connectivity index (χ2v) is 8.63. The molecular formula is C25H31N5O2. The van der Waals surface area contributed by atoms with Crippen LogP contribution < -0.4 is 5.32 Å². The number of benzene rings is 2. The minimum Gasteiger partial charge on any atom is -0.337 e. The van der Waals surface area contributed by atoms with E-state index in [1.807, 2.05) is 56.3 Å². The molecule has 1 aliphatic heterocycles. The molecule has 1 saturated heterocycles. The first kappa shape index (κ1) is 22.2. The monoisotopic (exact) mass is 433 g/mol. The van der Waals surface area contributed by atoms with Crippen molar-refractivity contribution < 1.29 is 9.32 Å². The Morgan fingerprint density at radius 1 is 1.03 bits per heavy atom. The number of anilines is 1. The summed E-state index contributed by atoms with van der Waals surface area (Å²) >= 11 is 0. The molecule has 1 atom stereocenters. The van der Waals surface area contributed by atoms with Crippen molar-refractivity contribution in [2.24, 2.45) is 0 Å². The van der Waals surface area contributed by atoms with E-state index in [9.17, 15) is 4.79 Å². The van der Waals surface area contributed by atoms with Gasteiger partial charge in [-0.25, -0.2) is 0 Å². The quantitative estimate of drug-likeness (QED) is 0.634. The highest BCUT2D eigenvalue weighted by Gasteiger charge is 2.27. The molecule has 0 radical (unpaired) electrons. The molecule has 1 aliphatic rings. The first-order chi connectivity index (χ1) is 15.4. The zero-order chi connectivity index (χ0) is 22.7. The average molecular weight is 434 g/mol. The molecule has 1 fully saturated rings. The van der Waals surface area contributed by atoms with E-state index < -0.39 is 0 Å². The molecule has 7 nitrogen and oxygen atoms in total. The maximum Gasteiger partial charge on any atom is 0.244 e. The van der Waals surface area contributed by atoms with Crippen molar-refractivity contribution in [3.63, 3.8) is 0 Å². The topological polar surface area (TPSA) is 74.5 Å². The summed E-state index contributed by atoms with van der Waals surface area (Å²) in [5, 5.41) is 7.24. The van der Waals surface area contributed by atoms with Crippen molar-refractivity contribution in [1.82, 2.24) is 19.9 Å². The van der Waals surface area contributed by atoms with E-state index in [4.69, 9.17) is 4.52 Å². The molecule has 4 rings (SSSR count). The third kappa shape index (κ3) is 5.06. The third-order valence-electron chi connectivity index (χ3n) is 6.18. The van der Waals surface area contributed by atoms with Crippen molar-refractivity contribution in [3.05, 3.63) is 65.0 Å². The number of carbonyl (C=O) groups excluding carboxylic acids is 1. The van der Waals surface area contributed by atoms with Crippen molar-refractivity contribution in [2.75, 3.05) is 38.0 Å². The molecule has 1 unspecified atom stereocenters. The predicted molar refractivity (Wildman–Crippen MR) is 125 cm³/mol. The number of aryl methyl sites for hydroxylation is 3. The van der Waals surface area contributed by atoms with Crippen molar-refractivity contribution in [2.45, 2.75) is 33.7 Å². The molecule has 1 aromatic heterocycles. The summed E-state index contributed by atoms with van der Waals surface area (Å²) < 4.78 is 5.56. The van der Waals surface area contributed by atoms with Gasteiger partial charge in [0.15, 0.2) is 0 Å². The molecule has 2 aromatic carbocycles. The first-order valence-electron chi connectivity index (χ1n) is 11.1. The molecular weight excluding hydrogens is 402 g/mol. The fourth-order valence-corrected chi connectivity index (χ4v) is 4.08. The van der Waals surface area contributed by atoms with Gasteiger partial charge in [-0.15, -0.1) is 0 Å². The van der Waals surface area contributed by atoms with Gasteiger partial charge in [-0.3, -0.25) is 14.6 Å². The number of rotatable bonds is 6. The minimum atomic E-state index is 0.0311. The van der Waals surface area contributed by atoms with Gasteiger partial charge in [-0.1, -0.05) is 53.2 Å². The lowest BCUT2D eigenvalue weighted by atomic mass is 10.1. The van der Waals surface area contributed by atoms with Crippen molar-refractivity contribution in [1.29, 1.82) is 0 Å². The lowest BCUT2D eigenvalue weighted by Crippen LogP contribution is -2.49. The van der Waals surface area contributed by atoms with Gasteiger partial charge in [0.25, 0.3) is 0 Å². The summed E-state index contributed by atoms with van der Waals surface area (Å²) in [5.74, 6) is 1.28. The maximum absolute atomic E-state index is 12.6. The molecule has 0 saturated carbocycles. The van der Waals surface area contributed by atoms with Crippen LogP contribution in [0.2, 0.25) is 0 Å². The lowest BCUT2D eigenvalue weighted by Gasteiger charge is -2.36. The van der Waals surface area contributed by atoms with Gasteiger partial charge < -0.3 is 9.84 Å². The fraction of sp³-hybridized carbons (Fsp3) is 0.400. The summed E-state index contributed by atoms with van der Waals surface area (Å²) in [6, 6.07) is 14.2. The van der Waals surface area contributed by atoms with E-state index in [2.05, 4.69) is 39.1 Å². The molecule has 2 heterocycles. The van der Waals surface area contributed by atoms with Crippen LogP contribution in [0.15, 0.2) is 47.0 Å². The normalized spacial score (nSPS) is 16.1. The van der Waals surface area contributed by atoms with E-state index in [-0.39, 0.29) is 11.9 Å². The Morgan fingerprint density at radius 3 is 2.34 bits per heavy atom. The summed E-state index contributed by atoms with van der Waals surface area (Å²) in [5.41, 5.74) is 5.25. The Hall–Kier alpha value is -3.03. The molecule has 7 heteroatoms. The van der Waals surface area contributed by atoms with E-state index in [1.165, 1.54) is 5.56 Å². The molecule has 1 amide bonds. The highest BCUT2D eigenvalue weighted by molar-refractivity contribution is 5.93. The van der Waals surface area contributed by atoms with Crippen LogP contribution in [0, 0.1) is 20.8 Å². The third-order valence-corrected chi connectivity index (χ3v) is 6.18. The summed E-state index contributed by atoms with van der Waals surface area (Å²) in [6.45, 7) is 11.9. The van der Waals surface area contributed by atoms with E-state index in [0.29, 0.717) is 18.3 Å². The number of nitrogens with zero attached hydrogens (tertiary/aromatic N) is 4. The summed E-state index contributed by atoms with van der Waals surface area (Å²) in [4.78, 5) is 21.7. The number of para-hydroxylation sites is 1. The van der Waals surface area contributed by atoms with Gasteiger partial charge >= 0.3 is 0 Å². The SMILES string of the molecule is Cc1ccc(-c2noc(C(C)N3CCN(CC(=O)Nc4c(C)cccc4C)CC3)n2)cc1. The van der Waals surface area contributed by atoms with E-state index in [1.54, 1.807) is 0 Å². The van der Waals surface area contributed by atoms with E-state index in [0.717, 1.165) is 48.6 Å². The number of piperazine rings is 1. The predicted octanol–water partition coefficient (Wildman–Crippen LogP) is 3.98. The summed E-state index contributed by atoms with van der Waals surface area (Å²) in [7, 11) is 0. The van der Waals surface area contributed by atoms with Gasteiger partial charge in [-0.05, 0) is 38.8 Å². The lowest BCUT2D eigenvalue weighted by molar-refractivity contribution is -0.117. The van der Waals surface area contributed by atoms with Crippen LogP contribution in [-0.2, 0) is 4.79 Å². The highest BCUT2D eigenvalue weighted by Crippen LogP contribution is 2.24. The molecule has 0 spiro atoms. The fourth-order valence-electron chi connectivity index (χ4n) is 4.08. The van der Waals surface area contributed by atoms with E-state index >= 15 is 0 Å². The Bertz CT molecular complexity index is 1050. The van der Waals surface area contributed by atoms with Gasteiger partial charge in [0.1, 0.15) is 0 Å². The second-order valence-electron chi connectivity index (χ2n) is 8.63. The van der Waals surface area contributed by atoms with Gasteiger partial charge in [0.05, 0.1) is 12.6 Å². The van der Waals surface area contributed by atoms with Gasteiger partial charge in [0, 0.05) is 37.4 Å². The number of amides is 1. The van der Waals surface area contributed by atoms with Crippen molar-refractivity contribution in [3.8, 4) is 11.4 Å². The van der Waals surface area contributed by atoms with Crippen LogP contribution in [0.25, 0.3) is 11.4 Å². The largest absolute Gasteiger partial charge is 0.337 e. The van der Waals surface area contributed by atoms with Crippen molar-refractivity contribution >= 4 is 11.6 Å². The Kier molecular flexibility index (Phi) is 6.67. The van der Waals surface area contributed by atoms with Crippen LogP contribution >= 0.6 is 0 Å². The Labute approximate surface area is 189 Å². The smallest absolute Gasteiger partial charge is 0.244 e. The number of hydrogen-bond donors (Lipinski definition) is 1. The molecule has 168 valence electrons.